The normalized spacial score (nSPS) is 11.8. The lowest BCUT2D eigenvalue weighted by Crippen LogP contribution is -2.27. The number of likely N-dealkylation sites (N-methyl/N-ethyl adjacent to an activating group) is 1. The maximum absolute atomic E-state index is 13.3. The van der Waals surface area contributed by atoms with Crippen LogP contribution in [0, 0.1) is 18.3 Å². The Hall–Kier alpha value is -4.42. The van der Waals surface area contributed by atoms with E-state index in [1.807, 2.05) is 76.7 Å². The number of hydrogen-bond donors (Lipinski definition) is 1. The fourth-order valence-electron chi connectivity index (χ4n) is 4.12. The van der Waals surface area contributed by atoms with E-state index in [1.54, 1.807) is 21.6 Å². The molecule has 2 aromatic heterocycles. The van der Waals surface area contributed by atoms with E-state index in [0.717, 1.165) is 39.9 Å². The second kappa shape index (κ2) is 11.8. The third kappa shape index (κ3) is 6.47. The minimum Gasteiger partial charge on any atom is -0.492 e. The van der Waals surface area contributed by atoms with Gasteiger partial charge in [-0.05, 0) is 80.5 Å². The van der Waals surface area contributed by atoms with E-state index < -0.39 is 0 Å². The van der Waals surface area contributed by atoms with Crippen LogP contribution in [0.5, 0.6) is 5.75 Å². The Morgan fingerprint density at radius 1 is 1.08 bits per heavy atom. The molecule has 1 amide bonds. The average Bonchev–Trinajstić information content (AvgIpc) is 3.54. The molecule has 1 atom stereocenters. The molecule has 4 aromatic rings. The van der Waals surface area contributed by atoms with Gasteiger partial charge in [0.1, 0.15) is 18.9 Å². The summed E-state index contributed by atoms with van der Waals surface area (Å²) in [4.78, 5) is 15.4. The van der Waals surface area contributed by atoms with Crippen LogP contribution < -0.4 is 10.1 Å². The number of carbonyl (C=O) groups is 1. The third-order valence-electron chi connectivity index (χ3n) is 6.30. The van der Waals surface area contributed by atoms with Crippen LogP contribution in [0.2, 0.25) is 0 Å². The van der Waals surface area contributed by atoms with Crippen LogP contribution in [0.4, 0.5) is 0 Å². The highest BCUT2D eigenvalue weighted by Crippen LogP contribution is 2.31. The predicted octanol–water partition coefficient (Wildman–Crippen LogP) is 4.21. The number of aryl methyl sites for hydroxylation is 2. The second-order valence-electron chi connectivity index (χ2n) is 9.65. The summed E-state index contributed by atoms with van der Waals surface area (Å²) in [5.74, 6) is 0.508. The Morgan fingerprint density at radius 3 is 2.45 bits per heavy atom. The monoisotopic (exact) mass is 511 g/mol. The first-order valence-corrected chi connectivity index (χ1v) is 12.5. The number of ether oxygens (including phenoxy) is 1. The van der Waals surface area contributed by atoms with E-state index >= 15 is 0 Å². The Bertz CT molecular complexity index is 1460. The van der Waals surface area contributed by atoms with E-state index in [4.69, 9.17) is 10.00 Å². The predicted molar refractivity (Wildman–Crippen MR) is 147 cm³/mol. The highest BCUT2D eigenvalue weighted by atomic mass is 16.5. The van der Waals surface area contributed by atoms with Crippen molar-refractivity contribution in [1.29, 1.82) is 5.26 Å². The maximum atomic E-state index is 13.3. The van der Waals surface area contributed by atoms with E-state index in [0.29, 0.717) is 17.9 Å². The van der Waals surface area contributed by atoms with Crippen molar-refractivity contribution < 1.29 is 9.53 Å². The largest absolute Gasteiger partial charge is 0.492 e. The smallest absolute Gasteiger partial charge is 0.252 e. The van der Waals surface area contributed by atoms with Gasteiger partial charge in [-0.2, -0.15) is 15.5 Å². The summed E-state index contributed by atoms with van der Waals surface area (Å²) >= 11 is 0. The molecule has 0 radical (unpaired) electrons. The SMILES string of the molecule is Cc1ccc(OCCN(C)C)cc1C(=O)N[C@H](C)c1cc(-c2cnn(C)c2)cc(-c2cnn(CC#N)c2)c1. The standard InChI is InChI=1S/C29H33N7O2/c1-20-6-7-27(38-11-10-34(3)4)15-28(20)29(37)33-21(2)22-12-23(25-16-31-35(5)18-25)14-24(13-22)26-17-32-36(19-26)9-8-30/h6-7,12-19,21H,9-11H2,1-5H3,(H,33,37)/t21-/m1/s1. The van der Waals surface area contributed by atoms with Crippen LogP contribution in [-0.2, 0) is 13.6 Å². The summed E-state index contributed by atoms with van der Waals surface area (Å²) in [6, 6.07) is 13.6. The molecule has 38 heavy (non-hydrogen) atoms. The maximum Gasteiger partial charge on any atom is 0.252 e. The Morgan fingerprint density at radius 2 is 1.79 bits per heavy atom. The van der Waals surface area contributed by atoms with Crippen LogP contribution in [0.3, 0.4) is 0 Å². The zero-order valence-corrected chi connectivity index (χ0v) is 22.5. The second-order valence-corrected chi connectivity index (χ2v) is 9.65. The van der Waals surface area contributed by atoms with Gasteiger partial charge in [0.05, 0.1) is 24.5 Å². The quantitative estimate of drug-likeness (QED) is 0.342. The van der Waals surface area contributed by atoms with Crippen molar-refractivity contribution in [2.45, 2.75) is 26.4 Å². The summed E-state index contributed by atoms with van der Waals surface area (Å²) in [5, 5.41) is 20.8. The van der Waals surface area contributed by atoms with Crippen LogP contribution in [-0.4, -0.2) is 57.6 Å². The highest BCUT2D eigenvalue weighted by Gasteiger charge is 2.17. The van der Waals surface area contributed by atoms with Gasteiger partial charge in [-0.25, -0.2) is 0 Å². The Kier molecular flexibility index (Phi) is 8.24. The molecule has 0 saturated carbocycles. The number of amides is 1. The molecule has 196 valence electrons. The van der Waals surface area contributed by atoms with Gasteiger partial charge in [-0.1, -0.05) is 6.07 Å². The van der Waals surface area contributed by atoms with Gasteiger partial charge in [-0.15, -0.1) is 0 Å². The molecule has 1 N–H and O–H groups in total. The molecule has 9 nitrogen and oxygen atoms in total. The Balaban J connectivity index is 1.61. The summed E-state index contributed by atoms with van der Waals surface area (Å²) in [7, 11) is 5.86. The number of nitriles is 1. The molecular formula is C29H33N7O2. The number of benzene rings is 2. The molecular weight excluding hydrogens is 478 g/mol. The topological polar surface area (TPSA) is 101 Å². The van der Waals surface area contributed by atoms with Gasteiger partial charge in [0.15, 0.2) is 0 Å². The molecule has 0 spiro atoms. The number of hydrogen-bond acceptors (Lipinski definition) is 6. The van der Waals surface area contributed by atoms with Crippen LogP contribution in [0.25, 0.3) is 22.3 Å². The van der Waals surface area contributed by atoms with Gasteiger partial charge >= 0.3 is 0 Å². The van der Waals surface area contributed by atoms with Gasteiger partial charge < -0.3 is 15.0 Å². The van der Waals surface area contributed by atoms with Crippen molar-refractivity contribution in [3.8, 4) is 34.1 Å². The van der Waals surface area contributed by atoms with Gasteiger partial charge in [0, 0.05) is 42.7 Å². The molecule has 0 saturated heterocycles. The average molecular weight is 512 g/mol. The van der Waals surface area contributed by atoms with E-state index in [1.165, 1.54) is 0 Å². The van der Waals surface area contributed by atoms with Crippen molar-refractivity contribution in [3.05, 3.63) is 77.9 Å². The lowest BCUT2D eigenvalue weighted by atomic mass is 9.96. The van der Waals surface area contributed by atoms with Crippen molar-refractivity contribution in [1.82, 2.24) is 29.8 Å². The number of nitrogens with zero attached hydrogens (tertiary/aromatic N) is 6. The minimum atomic E-state index is -0.273. The number of nitrogens with one attached hydrogen (secondary N) is 1. The fourth-order valence-corrected chi connectivity index (χ4v) is 4.12. The number of carbonyl (C=O) groups excluding carboxylic acids is 1. The molecule has 2 aromatic carbocycles. The van der Waals surface area contributed by atoms with Gasteiger partial charge in [0.2, 0.25) is 0 Å². The molecule has 2 heterocycles. The third-order valence-corrected chi connectivity index (χ3v) is 6.30. The van der Waals surface area contributed by atoms with Crippen LogP contribution >= 0.6 is 0 Å². The minimum absolute atomic E-state index is 0.164. The van der Waals surface area contributed by atoms with Crippen molar-refractivity contribution in [2.24, 2.45) is 7.05 Å². The van der Waals surface area contributed by atoms with E-state index in [2.05, 4.69) is 33.7 Å². The Labute approximate surface area is 223 Å². The lowest BCUT2D eigenvalue weighted by Gasteiger charge is -2.18. The van der Waals surface area contributed by atoms with Crippen molar-refractivity contribution >= 4 is 5.91 Å². The van der Waals surface area contributed by atoms with Crippen LogP contribution in [0.1, 0.15) is 34.5 Å². The summed E-state index contributed by atoms with van der Waals surface area (Å²) in [5.41, 5.74) is 6.19. The zero-order chi connectivity index (χ0) is 27.2. The molecule has 0 aliphatic heterocycles. The molecule has 0 aliphatic carbocycles. The van der Waals surface area contributed by atoms with Crippen molar-refractivity contribution in [2.75, 3.05) is 27.2 Å². The van der Waals surface area contributed by atoms with E-state index in [-0.39, 0.29) is 18.5 Å². The number of rotatable bonds is 10. The highest BCUT2D eigenvalue weighted by molar-refractivity contribution is 5.96. The summed E-state index contributed by atoms with van der Waals surface area (Å²) < 4.78 is 9.21. The number of aromatic nitrogens is 4. The van der Waals surface area contributed by atoms with Crippen LogP contribution in [0.15, 0.2) is 61.2 Å². The first kappa shape index (κ1) is 26.6. The van der Waals surface area contributed by atoms with Gasteiger partial charge in [0.25, 0.3) is 5.91 Å². The fraction of sp³-hybridized carbons (Fsp3) is 0.310. The molecule has 0 bridgehead atoms. The summed E-state index contributed by atoms with van der Waals surface area (Å²) in [6.45, 7) is 5.40. The summed E-state index contributed by atoms with van der Waals surface area (Å²) in [6.07, 6.45) is 7.37. The zero-order valence-electron chi connectivity index (χ0n) is 22.5. The van der Waals surface area contributed by atoms with Crippen molar-refractivity contribution in [3.63, 3.8) is 0 Å². The van der Waals surface area contributed by atoms with Gasteiger partial charge in [-0.3, -0.25) is 14.2 Å². The molecule has 0 unspecified atom stereocenters. The molecule has 9 heteroatoms. The van der Waals surface area contributed by atoms with E-state index in [9.17, 15) is 4.79 Å². The first-order chi connectivity index (χ1) is 18.2. The molecule has 4 rings (SSSR count). The lowest BCUT2D eigenvalue weighted by molar-refractivity contribution is 0.0938. The molecule has 0 fully saturated rings. The first-order valence-electron chi connectivity index (χ1n) is 12.5. The molecule has 0 aliphatic rings.